The van der Waals surface area contributed by atoms with Crippen LogP contribution in [0.2, 0.25) is 0 Å². The molecule has 1 aliphatic carbocycles. The maximum Gasteiger partial charge on any atom is 0.451 e. The van der Waals surface area contributed by atoms with Crippen LogP contribution in [0.15, 0.2) is 4.73 Å². The maximum absolute atomic E-state index is 12.8. The first-order chi connectivity index (χ1) is 8.86. The Morgan fingerprint density at radius 1 is 1.26 bits per heavy atom. The van der Waals surface area contributed by atoms with E-state index in [-0.39, 0.29) is 17.5 Å². The second-order valence-corrected chi connectivity index (χ2v) is 5.19. The van der Waals surface area contributed by atoms with Crippen LogP contribution in [-0.4, -0.2) is 33.0 Å². The summed E-state index contributed by atoms with van der Waals surface area (Å²) in [6.45, 7) is 0. The molecule has 1 N–H and O–H groups in total. The molecule has 0 aliphatic heterocycles. The summed E-state index contributed by atoms with van der Waals surface area (Å²) in [5.74, 6) is -0.931. The number of nitrogens with zero attached hydrogens (tertiary/aromatic N) is 4. The average molecular weight is 336 g/mol. The molecule has 19 heavy (non-hydrogen) atoms. The lowest BCUT2D eigenvalue weighted by molar-refractivity contribution is -0.144. The molecule has 0 atom stereocenters. The molecule has 102 valence electrons. The van der Waals surface area contributed by atoms with Gasteiger partial charge in [-0.05, 0) is 28.8 Å². The molecule has 0 spiro atoms. The van der Waals surface area contributed by atoms with Crippen molar-refractivity contribution >= 4 is 32.9 Å². The fourth-order valence-electron chi connectivity index (χ4n) is 1.87. The highest BCUT2D eigenvalue weighted by molar-refractivity contribution is 9.10. The zero-order valence-electron chi connectivity index (χ0n) is 9.79. The Morgan fingerprint density at radius 2 is 1.95 bits per heavy atom. The van der Waals surface area contributed by atoms with Crippen LogP contribution in [0, 0.1) is 0 Å². The fourth-order valence-corrected chi connectivity index (χ4v) is 2.24. The first kappa shape index (κ1) is 12.6. The summed E-state index contributed by atoms with van der Waals surface area (Å²) in [4.78, 5) is 15.6. The molecule has 5 nitrogen and oxygen atoms in total. The topological polar surface area (TPSA) is 57.7 Å². The smallest absolute Gasteiger partial charge is 0.355 e. The van der Waals surface area contributed by atoms with E-state index in [9.17, 15) is 13.2 Å². The highest BCUT2D eigenvalue weighted by Gasteiger charge is 2.37. The molecule has 0 saturated heterocycles. The molecular weight excluding hydrogens is 327 g/mol. The van der Waals surface area contributed by atoms with Crippen LogP contribution in [0.1, 0.15) is 18.7 Å². The third kappa shape index (κ3) is 2.26. The second kappa shape index (κ2) is 4.06. The van der Waals surface area contributed by atoms with Gasteiger partial charge in [-0.2, -0.15) is 13.2 Å². The molecule has 1 fully saturated rings. The number of hydrogen-bond donors (Lipinski definition) is 1. The molecule has 1 saturated carbocycles. The number of anilines is 1. The van der Waals surface area contributed by atoms with Gasteiger partial charge in [-0.1, -0.05) is 0 Å². The van der Waals surface area contributed by atoms with Crippen LogP contribution < -0.4 is 4.90 Å². The molecule has 2 heterocycles. The van der Waals surface area contributed by atoms with Crippen molar-refractivity contribution < 1.29 is 13.2 Å². The van der Waals surface area contributed by atoms with E-state index in [1.54, 1.807) is 11.9 Å². The van der Waals surface area contributed by atoms with Crippen molar-refractivity contribution in [2.24, 2.45) is 0 Å². The lowest BCUT2D eigenvalue weighted by Crippen LogP contribution is -2.23. The number of alkyl halides is 3. The molecule has 3 rings (SSSR count). The van der Waals surface area contributed by atoms with Gasteiger partial charge in [0.25, 0.3) is 0 Å². The van der Waals surface area contributed by atoms with Gasteiger partial charge in [0, 0.05) is 13.1 Å². The van der Waals surface area contributed by atoms with E-state index < -0.39 is 12.0 Å². The molecule has 1 aliphatic rings. The standard InChI is InChI=1S/C10H9BrF3N5/c1-19(4-2-3-4)7-5-6(17-9(11)15-5)16-8(18-7)10(12,13)14/h4H,2-3H2,1H3,(H,15,16,17,18). The van der Waals surface area contributed by atoms with E-state index in [1.165, 1.54) is 0 Å². The van der Waals surface area contributed by atoms with Crippen LogP contribution in [0.25, 0.3) is 11.2 Å². The van der Waals surface area contributed by atoms with Gasteiger partial charge in [0.1, 0.15) is 5.52 Å². The third-order valence-corrected chi connectivity index (χ3v) is 3.36. The number of hydrogen-bond acceptors (Lipinski definition) is 4. The number of H-pyrrole nitrogens is 1. The van der Waals surface area contributed by atoms with E-state index in [4.69, 9.17) is 0 Å². The minimum absolute atomic E-state index is 0.0108. The lowest BCUT2D eigenvalue weighted by atomic mass is 10.4. The number of aromatic nitrogens is 4. The van der Waals surface area contributed by atoms with Gasteiger partial charge in [-0.3, -0.25) is 0 Å². The van der Waals surface area contributed by atoms with Crippen molar-refractivity contribution in [3.05, 3.63) is 10.6 Å². The summed E-state index contributed by atoms with van der Waals surface area (Å²) in [7, 11) is 1.73. The molecule has 0 radical (unpaired) electrons. The summed E-state index contributed by atoms with van der Waals surface area (Å²) in [5.41, 5.74) is 0.422. The van der Waals surface area contributed by atoms with Gasteiger partial charge < -0.3 is 9.88 Å². The predicted molar refractivity (Wildman–Crippen MR) is 65.8 cm³/mol. The molecule has 2 aromatic heterocycles. The number of rotatable bonds is 2. The first-order valence-electron chi connectivity index (χ1n) is 5.59. The Kier molecular flexibility index (Phi) is 2.70. The molecule has 0 bridgehead atoms. The first-order valence-corrected chi connectivity index (χ1v) is 6.39. The minimum atomic E-state index is -4.58. The van der Waals surface area contributed by atoms with Crippen molar-refractivity contribution in [2.45, 2.75) is 25.1 Å². The number of aromatic amines is 1. The van der Waals surface area contributed by atoms with E-state index in [0.29, 0.717) is 10.3 Å². The Balaban J connectivity index is 2.21. The van der Waals surface area contributed by atoms with Crippen LogP contribution in [0.5, 0.6) is 0 Å². The SMILES string of the molecule is CN(c1nc(C(F)(F)F)nc2nc(Br)[nH]c12)C1CC1. The van der Waals surface area contributed by atoms with Crippen LogP contribution in [0.4, 0.5) is 19.0 Å². The van der Waals surface area contributed by atoms with Crippen LogP contribution >= 0.6 is 15.9 Å². The molecule has 0 aromatic carbocycles. The van der Waals surface area contributed by atoms with Gasteiger partial charge >= 0.3 is 6.18 Å². The van der Waals surface area contributed by atoms with Crippen LogP contribution in [0.3, 0.4) is 0 Å². The minimum Gasteiger partial charge on any atom is -0.355 e. The van der Waals surface area contributed by atoms with E-state index >= 15 is 0 Å². The van der Waals surface area contributed by atoms with Crippen molar-refractivity contribution in [3.8, 4) is 0 Å². The van der Waals surface area contributed by atoms with Gasteiger partial charge in [0.05, 0.1) is 0 Å². The number of imidazole rings is 1. The van der Waals surface area contributed by atoms with E-state index in [0.717, 1.165) is 12.8 Å². The summed E-state index contributed by atoms with van der Waals surface area (Å²) < 4.78 is 38.7. The lowest BCUT2D eigenvalue weighted by Gasteiger charge is -2.18. The highest BCUT2D eigenvalue weighted by Crippen LogP contribution is 2.35. The molecule has 2 aromatic rings. The second-order valence-electron chi connectivity index (χ2n) is 4.44. The van der Waals surface area contributed by atoms with Gasteiger partial charge in [0.2, 0.25) is 5.82 Å². The zero-order chi connectivity index (χ0) is 13.8. The average Bonchev–Trinajstić information content (AvgIpc) is 3.07. The fraction of sp³-hybridized carbons (Fsp3) is 0.500. The van der Waals surface area contributed by atoms with Crippen LogP contribution in [-0.2, 0) is 6.18 Å². The van der Waals surface area contributed by atoms with E-state index in [1.807, 2.05) is 0 Å². The molecule has 9 heteroatoms. The summed E-state index contributed by atoms with van der Waals surface area (Å²) in [6.07, 6.45) is -2.67. The molecular formula is C10H9BrF3N5. The largest absolute Gasteiger partial charge is 0.451 e. The Labute approximate surface area is 114 Å². The third-order valence-electron chi connectivity index (χ3n) is 2.99. The van der Waals surface area contributed by atoms with Crippen molar-refractivity contribution in [2.75, 3.05) is 11.9 Å². The predicted octanol–water partition coefficient (Wildman–Crippen LogP) is 2.73. The number of fused-ring (bicyclic) bond motifs is 1. The molecule has 0 amide bonds. The Bertz CT molecular complexity index is 634. The van der Waals surface area contributed by atoms with Crippen molar-refractivity contribution in [3.63, 3.8) is 0 Å². The quantitative estimate of drug-likeness (QED) is 0.857. The Hall–Kier alpha value is -1.38. The Morgan fingerprint density at radius 3 is 2.53 bits per heavy atom. The number of halogens is 4. The monoisotopic (exact) mass is 335 g/mol. The zero-order valence-corrected chi connectivity index (χ0v) is 11.4. The highest BCUT2D eigenvalue weighted by atomic mass is 79.9. The summed E-state index contributed by atoms with van der Waals surface area (Å²) in [6, 6.07) is 0.237. The van der Waals surface area contributed by atoms with Gasteiger partial charge in [0.15, 0.2) is 16.2 Å². The maximum atomic E-state index is 12.8. The summed E-state index contributed by atoms with van der Waals surface area (Å²) in [5, 5.41) is 0. The molecule has 0 unspecified atom stereocenters. The summed E-state index contributed by atoms with van der Waals surface area (Å²) >= 11 is 3.10. The number of nitrogens with one attached hydrogen (secondary N) is 1. The van der Waals surface area contributed by atoms with Crippen molar-refractivity contribution in [1.29, 1.82) is 0 Å². The normalized spacial score (nSPS) is 16.1. The van der Waals surface area contributed by atoms with Crippen molar-refractivity contribution in [1.82, 2.24) is 19.9 Å². The van der Waals surface area contributed by atoms with Gasteiger partial charge in [-0.25, -0.2) is 15.0 Å². The van der Waals surface area contributed by atoms with Gasteiger partial charge in [-0.15, -0.1) is 0 Å². The van der Waals surface area contributed by atoms with E-state index in [2.05, 4.69) is 35.9 Å².